The Labute approximate surface area is 252 Å². The van der Waals surface area contributed by atoms with Gasteiger partial charge in [-0.1, -0.05) is 54.6 Å². The molecule has 4 aromatic rings. The van der Waals surface area contributed by atoms with Gasteiger partial charge in [0.2, 0.25) is 10.0 Å². The number of ketones is 1. The first-order valence-electron chi connectivity index (χ1n) is 14.0. The number of benzene rings is 4. The summed E-state index contributed by atoms with van der Waals surface area (Å²) >= 11 is 0. The minimum Gasteiger partial charge on any atom is -0.486 e. The third-order valence-corrected chi connectivity index (χ3v) is 10.1. The molecule has 0 radical (unpaired) electrons. The number of hydrogen-bond acceptors (Lipinski definition) is 7. The summed E-state index contributed by atoms with van der Waals surface area (Å²) in [4.78, 5) is 39.0. The molecule has 1 unspecified atom stereocenters. The summed E-state index contributed by atoms with van der Waals surface area (Å²) in [5.41, 5.74) is 4.01. The first kappa shape index (κ1) is 27.8. The second-order valence-corrected chi connectivity index (χ2v) is 12.7. The highest BCUT2D eigenvalue weighted by atomic mass is 32.2. The van der Waals surface area contributed by atoms with Crippen molar-refractivity contribution >= 4 is 27.7 Å². The van der Waals surface area contributed by atoms with Crippen molar-refractivity contribution in [3.63, 3.8) is 0 Å². The number of fused-ring (bicyclic) bond motifs is 5. The number of carboxylic acid groups (broad SMARTS) is 1. The molecular formula is C33H26N2O8S. The Morgan fingerprint density at radius 1 is 0.841 bits per heavy atom. The van der Waals surface area contributed by atoms with Gasteiger partial charge in [-0.2, -0.15) is 4.31 Å². The van der Waals surface area contributed by atoms with E-state index in [1.54, 1.807) is 66.7 Å². The lowest BCUT2D eigenvalue weighted by atomic mass is 9.95. The molecule has 44 heavy (non-hydrogen) atoms. The number of amides is 1. The molecule has 1 amide bonds. The average Bonchev–Trinajstić information content (AvgIpc) is 3.34. The Morgan fingerprint density at radius 3 is 2.39 bits per heavy atom. The van der Waals surface area contributed by atoms with Crippen LogP contribution in [0.25, 0.3) is 11.1 Å². The van der Waals surface area contributed by atoms with E-state index in [0.29, 0.717) is 64.5 Å². The van der Waals surface area contributed by atoms with Crippen LogP contribution >= 0.6 is 0 Å². The molecule has 1 atom stereocenters. The normalized spacial score (nSPS) is 16.0. The molecule has 10 nitrogen and oxygen atoms in total. The van der Waals surface area contributed by atoms with Gasteiger partial charge >= 0.3 is 5.97 Å². The second-order valence-electron chi connectivity index (χ2n) is 10.8. The zero-order valence-electron chi connectivity index (χ0n) is 23.3. The topological polar surface area (TPSA) is 139 Å². The van der Waals surface area contributed by atoms with Crippen LogP contribution in [0.4, 0.5) is 0 Å². The van der Waals surface area contributed by atoms with Crippen molar-refractivity contribution in [1.29, 1.82) is 0 Å². The van der Waals surface area contributed by atoms with Crippen LogP contribution in [0.5, 0.6) is 11.5 Å². The maximum absolute atomic E-state index is 13.6. The number of carboxylic acids is 1. The summed E-state index contributed by atoms with van der Waals surface area (Å²) in [6.45, 7) is 1.01. The summed E-state index contributed by atoms with van der Waals surface area (Å²) in [5, 5.41) is 12.8. The van der Waals surface area contributed by atoms with E-state index >= 15 is 0 Å². The predicted molar refractivity (Wildman–Crippen MR) is 158 cm³/mol. The molecule has 222 valence electrons. The minimum absolute atomic E-state index is 0.0331. The molecule has 2 N–H and O–H groups in total. The van der Waals surface area contributed by atoms with E-state index in [1.165, 1.54) is 16.4 Å². The Morgan fingerprint density at radius 2 is 1.59 bits per heavy atom. The van der Waals surface area contributed by atoms with Gasteiger partial charge < -0.3 is 19.9 Å². The van der Waals surface area contributed by atoms with Crippen molar-refractivity contribution < 1.29 is 37.4 Å². The highest BCUT2D eigenvalue weighted by molar-refractivity contribution is 7.89. The van der Waals surface area contributed by atoms with E-state index in [0.717, 1.165) is 5.56 Å². The third kappa shape index (κ3) is 4.61. The fourth-order valence-corrected chi connectivity index (χ4v) is 7.47. The molecular weight excluding hydrogens is 584 g/mol. The first-order chi connectivity index (χ1) is 21.2. The van der Waals surface area contributed by atoms with Gasteiger partial charge in [0, 0.05) is 41.4 Å². The lowest BCUT2D eigenvalue weighted by Gasteiger charge is -2.29. The fraction of sp³-hybridized carbons (Fsp3) is 0.182. The Bertz CT molecular complexity index is 1990. The molecule has 4 aromatic carbocycles. The van der Waals surface area contributed by atoms with Gasteiger partial charge in [-0.15, -0.1) is 0 Å². The number of nitrogens with zero attached hydrogens (tertiary/aromatic N) is 1. The molecule has 3 aliphatic rings. The average molecular weight is 611 g/mol. The molecule has 7 rings (SSSR count). The van der Waals surface area contributed by atoms with E-state index in [2.05, 4.69) is 5.32 Å². The number of hydrogen-bond donors (Lipinski definition) is 2. The Kier molecular flexibility index (Phi) is 6.71. The van der Waals surface area contributed by atoms with E-state index in [-0.39, 0.29) is 29.3 Å². The first-order valence-corrected chi connectivity index (χ1v) is 15.5. The zero-order chi connectivity index (χ0) is 30.6. The number of nitrogens with one attached hydrogen (secondary N) is 1. The monoisotopic (exact) mass is 610 g/mol. The number of carbonyl (C=O) groups is 3. The lowest BCUT2D eigenvalue weighted by molar-refractivity contribution is -0.139. The van der Waals surface area contributed by atoms with Crippen molar-refractivity contribution in [3.05, 3.63) is 112 Å². The smallest absolute Gasteiger partial charge is 0.330 e. The number of carbonyl (C=O) groups excluding carboxylic acids is 2. The third-order valence-electron chi connectivity index (χ3n) is 8.21. The molecule has 0 saturated carbocycles. The van der Waals surface area contributed by atoms with Gasteiger partial charge in [-0.25, -0.2) is 13.2 Å². The standard InChI is InChI=1S/C33H26N2O8S/c36-31-24-5-2-1-4-23(24)29-25(31)6-3-7-26(29)32(37)34-30(33(38)39)20-9-8-19-12-13-35(18-21(19)16-20)44(40,41)22-10-11-27-28(17-22)43-15-14-42-27/h1-11,16-17,30H,12-15,18H2,(H,34,37)(H,38,39). The molecule has 0 spiro atoms. The van der Waals surface area contributed by atoms with Gasteiger partial charge in [-0.3, -0.25) is 9.59 Å². The molecule has 0 saturated heterocycles. The quantitative estimate of drug-likeness (QED) is 0.295. The summed E-state index contributed by atoms with van der Waals surface area (Å²) in [5.74, 6) is -1.25. The summed E-state index contributed by atoms with van der Waals surface area (Å²) in [6, 6.07) is 20.0. The minimum atomic E-state index is -3.89. The van der Waals surface area contributed by atoms with Crippen molar-refractivity contribution in [2.45, 2.75) is 23.9 Å². The van der Waals surface area contributed by atoms with Crippen LogP contribution in [0.15, 0.2) is 83.8 Å². The van der Waals surface area contributed by atoms with E-state index in [1.807, 2.05) is 0 Å². The summed E-state index contributed by atoms with van der Waals surface area (Å²) < 4.78 is 39.6. The molecule has 1 aliphatic carbocycles. The largest absolute Gasteiger partial charge is 0.486 e. The van der Waals surface area contributed by atoms with Gasteiger partial charge in [0.1, 0.15) is 13.2 Å². The molecule has 0 aromatic heterocycles. The van der Waals surface area contributed by atoms with Gasteiger partial charge in [0.05, 0.1) is 4.90 Å². The van der Waals surface area contributed by atoms with Crippen LogP contribution in [-0.4, -0.2) is 55.2 Å². The Hall–Kier alpha value is -5.00. The fourth-order valence-electron chi connectivity index (χ4n) is 6.03. The molecule has 2 aliphatic heterocycles. The lowest BCUT2D eigenvalue weighted by Crippen LogP contribution is -2.37. The van der Waals surface area contributed by atoms with Crippen molar-refractivity contribution in [3.8, 4) is 22.6 Å². The van der Waals surface area contributed by atoms with Crippen LogP contribution < -0.4 is 14.8 Å². The van der Waals surface area contributed by atoms with Crippen LogP contribution in [0.2, 0.25) is 0 Å². The highest BCUT2D eigenvalue weighted by Crippen LogP contribution is 2.39. The number of rotatable bonds is 6. The zero-order valence-corrected chi connectivity index (χ0v) is 24.1. The van der Waals surface area contributed by atoms with Crippen LogP contribution in [0, 0.1) is 0 Å². The maximum Gasteiger partial charge on any atom is 0.330 e. The molecule has 0 bridgehead atoms. The van der Waals surface area contributed by atoms with E-state index in [9.17, 15) is 27.9 Å². The maximum atomic E-state index is 13.6. The van der Waals surface area contributed by atoms with Crippen molar-refractivity contribution in [1.82, 2.24) is 9.62 Å². The highest BCUT2D eigenvalue weighted by Gasteiger charge is 2.33. The number of sulfonamides is 1. The van der Waals surface area contributed by atoms with Crippen LogP contribution in [0.1, 0.15) is 49.0 Å². The van der Waals surface area contributed by atoms with E-state index < -0.39 is 27.9 Å². The SMILES string of the molecule is O=C(NC(C(=O)O)c1ccc2c(c1)CN(S(=O)(=O)c1ccc3c(c1)OCCO3)CC2)c1cccc2c1-c1ccccc1C2=O. The van der Waals surface area contributed by atoms with Crippen LogP contribution in [0.3, 0.4) is 0 Å². The predicted octanol–water partition coefficient (Wildman–Crippen LogP) is 3.97. The summed E-state index contributed by atoms with van der Waals surface area (Å²) in [6.07, 6.45) is 0.438. The van der Waals surface area contributed by atoms with Gasteiger partial charge in [0.15, 0.2) is 23.3 Å². The molecule has 0 fully saturated rings. The molecule has 11 heteroatoms. The second kappa shape index (κ2) is 10.6. The number of ether oxygens (including phenoxy) is 2. The Balaban J connectivity index is 1.16. The molecule has 2 heterocycles. The van der Waals surface area contributed by atoms with Gasteiger partial charge in [0.25, 0.3) is 5.91 Å². The van der Waals surface area contributed by atoms with E-state index in [4.69, 9.17) is 9.47 Å². The number of aliphatic carboxylic acids is 1. The van der Waals surface area contributed by atoms with Crippen molar-refractivity contribution in [2.24, 2.45) is 0 Å². The van der Waals surface area contributed by atoms with Crippen molar-refractivity contribution in [2.75, 3.05) is 19.8 Å². The van der Waals surface area contributed by atoms with Crippen LogP contribution in [-0.2, 0) is 27.8 Å². The summed E-state index contributed by atoms with van der Waals surface area (Å²) in [7, 11) is -3.89. The van der Waals surface area contributed by atoms with Gasteiger partial charge in [-0.05, 0) is 46.9 Å².